The van der Waals surface area contributed by atoms with Crippen LogP contribution in [-0.4, -0.2) is 30.3 Å². The Balaban J connectivity index is 1.50. The topological polar surface area (TPSA) is 64.0 Å². The molecule has 0 amide bonds. The molecule has 124 valence electrons. The molecule has 5 nitrogen and oxygen atoms in total. The minimum Gasteiger partial charge on any atom is -0.312 e. The first kappa shape index (κ1) is 16.4. The first-order valence-corrected chi connectivity index (χ1v) is 9.36. The molecule has 24 heavy (non-hydrogen) atoms. The van der Waals surface area contributed by atoms with E-state index in [4.69, 9.17) is 0 Å². The van der Waals surface area contributed by atoms with E-state index >= 15 is 0 Å². The van der Waals surface area contributed by atoms with E-state index in [1.165, 1.54) is 0 Å². The monoisotopic (exact) mass is 341 g/mol. The van der Waals surface area contributed by atoms with Crippen LogP contribution in [-0.2, 0) is 16.4 Å². The van der Waals surface area contributed by atoms with Gasteiger partial charge in [0, 0.05) is 31.2 Å². The maximum absolute atomic E-state index is 12.2. The predicted molar refractivity (Wildman–Crippen MR) is 93.8 cm³/mol. The molecule has 0 fully saturated rings. The third kappa shape index (κ3) is 4.10. The second-order valence-electron chi connectivity index (χ2n) is 5.45. The fourth-order valence-electron chi connectivity index (χ4n) is 2.38. The Kier molecular flexibility index (Phi) is 5.08. The van der Waals surface area contributed by atoms with E-state index in [1.54, 1.807) is 36.8 Å². The summed E-state index contributed by atoms with van der Waals surface area (Å²) in [6, 6.07) is 16.6. The molecule has 0 aliphatic carbocycles. The summed E-state index contributed by atoms with van der Waals surface area (Å²) in [6.45, 7) is 1.05. The Morgan fingerprint density at radius 2 is 1.75 bits per heavy atom. The summed E-state index contributed by atoms with van der Waals surface area (Å²) in [4.78, 5) is 4.40. The summed E-state index contributed by atoms with van der Waals surface area (Å²) in [6.07, 6.45) is 5.38. The largest absolute Gasteiger partial charge is 0.312 e. The molecule has 0 aliphatic heterocycles. The Hall–Kier alpha value is -2.44. The summed E-state index contributed by atoms with van der Waals surface area (Å²) >= 11 is 0. The Morgan fingerprint density at radius 1 is 1.00 bits per heavy atom. The third-order valence-electron chi connectivity index (χ3n) is 3.72. The summed E-state index contributed by atoms with van der Waals surface area (Å²) in [5.74, 6) is 0.0874. The highest BCUT2D eigenvalue weighted by Gasteiger charge is 2.12. The Morgan fingerprint density at radius 3 is 2.42 bits per heavy atom. The van der Waals surface area contributed by atoms with Gasteiger partial charge in [-0.25, -0.2) is 13.4 Å². The molecular formula is C18H19N3O2S. The minimum absolute atomic E-state index is 0.0874. The fourth-order valence-corrected chi connectivity index (χ4v) is 3.60. The molecule has 3 rings (SSSR count). The molecule has 1 heterocycles. The summed E-state index contributed by atoms with van der Waals surface area (Å²) in [7, 11) is -3.22. The number of hydrogen-bond donors (Lipinski definition) is 1. The molecular weight excluding hydrogens is 322 g/mol. The Labute approximate surface area is 141 Å². The number of rotatable bonds is 7. The molecule has 0 saturated carbocycles. The predicted octanol–water partition coefficient (Wildman–Crippen LogP) is 2.44. The molecule has 0 spiro atoms. The number of imidazole rings is 1. The van der Waals surface area contributed by atoms with Crippen LogP contribution < -0.4 is 5.32 Å². The third-order valence-corrected chi connectivity index (χ3v) is 5.45. The molecule has 0 saturated heterocycles. The highest BCUT2D eigenvalue weighted by molar-refractivity contribution is 7.91. The molecule has 1 aromatic heterocycles. The van der Waals surface area contributed by atoms with Crippen molar-refractivity contribution in [3.63, 3.8) is 0 Å². The van der Waals surface area contributed by atoms with E-state index in [1.807, 2.05) is 41.1 Å². The lowest BCUT2D eigenvalue weighted by Crippen LogP contribution is -2.22. The molecule has 3 aromatic rings. The van der Waals surface area contributed by atoms with Crippen molar-refractivity contribution in [2.24, 2.45) is 0 Å². The van der Waals surface area contributed by atoms with Crippen molar-refractivity contribution in [2.45, 2.75) is 11.4 Å². The number of nitrogens with one attached hydrogen (secondary N) is 1. The van der Waals surface area contributed by atoms with E-state index in [9.17, 15) is 8.42 Å². The van der Waals surface area contributed by atoms with E-state index in [0.29, 0.717) is 18.0 Å². The van der Waals surface area contributed by atoms with Gasteiger partial charge in [-0.05, 0) is 29.8 Å². The van der Waals surface area contributed by atoms with Crippen LogP contribution in [0.25, 0.3) is 5.69 Å². The number of aromatic nitrogens is 2. The van der Waals surface area contributed by atoms with Crippen molar-refractivity contribution < 1.29 is 8.42 Å². The number of nitrogens with zero attached hydrogens (tertiary/aromatic N) is 2. The van der Waals surface area contributed by atoms with Crippen molar-refractivity contribution in [3.05, 3.63) is 78.9 Å². The van der Waals surface area contributed by atoms with Crippen LogP contribution in [0.15, 0.2) is 78.2 Å². The van der Waals surface area contributed by atoms with E-state index in [-0.39, 0.29) is 5.75 Å². The van der Waals surface area contributed by atoms with Crippen molar-refractivity contribution in [3.8, 4) is 5.69 Å². The maximum Gasteiger partial charge on any atom is 0.179 e. The van der Waals surface area contributed by atoms with Crippen LogP contribution in [0.1, 0.15) is 5.56 Å². The maximum atomic E-state index is 12.2. The lowest BCUT2D eigenvalue weighted by Gasteiger charge is -2.08. The first-order chi connectivity index (χ1) is 11.6. The first-order valence-electron chi connectivity index (χ1n) is 7.71. The van der Waals surface area contributed by atoms with E-state index in [2.05, 4.69) is 10.3 Å². The van der Waals surface area contributed by atoms with Gasteiger partial charge in [0.25, 0.3) is 0 Å². The molecule has 1 N–H and O–H groups in total. The standard InChI is InChI=1S/C18H19N3O2S/c22-24(23,18-4-2-1-3-5-18)13-11-19-14-16-6-8-17(9-7-16)21-12-10-20-15-21/h1-10,12,15,19H,11,13-14H2. The van der Waals surface area contributed by atoms with E-state index in [0.717, 1.165) is 11.3 Å². The summed E-state index contributed by atoms with van der Waals surface area (Å²) < 4.78 is 26.3. The van der Waals surface area contributed by atoms with E-state index < -0.39 is 9.84 Å². The molecule has 0 radical (unpaired) electrons. The lowest BCUT2D eigenvalue weighted by molar-refractivity contribution is 0.590. The average molecular weight is 341 g/mol. The quantitative estimate of drug-likeness (QED) is 0.671. The highest BCUT2D eigenvalue weighted by atomic mass is 32.2. The average Bonchev–Trinajstić information content (AvgIpc) is 3.15. The molecule has 0 unspecified atom stereocenters. The van der Waals surface area contributed by atoms with Gasteiger partial charge in [-0.15, -0.1) is 0 Å². The second-order valence-corrected chi connectivity index (χ2v) is 7.55. The van der Waals surface area contributed by atoms with Gasteiger partial charge in [-0.3, -0.25) is 0 Å². The van der Waals surface area contributed by atoms with Crippen LogP contribution in [0.5, 0.6) is 0 Å². The van der Waals surface area contributed by atoms with Gasteiger partial charge < -0.3 is 9.88 Å². The molecule has 6 heteroatoms. The number of sulfone groups is 1. The normalized spacial score (nSPS) is 11.5. The van der Waals surface area contributed by atoms with Crippen LogP contribution in [0.2, 0.25) is 0 Å². The number of hydrogen-bond acceptors (Lipinski definition) is 4. The summed E-state index contributed by atoms with van der Waals surface area (Å²) in [5, 5.41) is 3.18. The zero-order chi connectivity index (χ0) is 16.8. The molecule has 0 aliphatic rings. The summed E-state index contributed by atoms with van der Waals surface area (Å²) in [5.41, 5.74) is 2.15. The zero-order valence-electron chi connectivity index (χ0n) is 13.2. The molecule has 0 atom stereocenters. The minimum atomic E-state index is -3.22. The second kappa shape index (κ2) is 7.42. The van der Waals surface area contributed by atoms with Crippen molar-refractivity contribution in [1.29, 1.82) is 0 Å². The van der Waals surface area contributed by atoms with Crippen molar-refractivity contribution in [2.75, 3.05) is 12.3 Å². The van der Waals surface area contributed by atoms with Gasteiger partial charge in [0.15, 0.2) is 9.84 Å². The Bertz CT molecular complexity index is 858. The SMILES string of the molecule is O=S(=O)(CCNCc1ccc(-n2ccnc2)cc1)c1ccccc1. The van der Waals surface area contributed by atoms with Gasteiger partial charge in [0.2, 0.25) is 0 Å². The van der Waals surface area contributed by atoms with Crippen molar-refractivity contribution in [1.82, 2.24) is 14.9 Å². The fraction of sp³-hybridized carbons (Fsp3) is 0.167. The van der Waals surface area contributed by atoms with Crippen LogP contribution in [0.3, 0.4) is 0 Å². The lowest BCUT2D eigenvalue weighted by atomic mass is 10.2. The zero-order valence-corrected chi connectivity index (χ0v) is 14.0. The smallest absolute Gasteiger partial charge is 0.179 e. The van der Waals surface area contributed by atoms with Crippen molar-refractivity contribution >= 4 is 9.84 Å². The highest BCUT2D eigenvalue weighted by Crippen LogP contribution is 2.10. The van der Waals surface area contributed by atoms with Gasteiger partial charge in [0.05, 0.1) is 17.0 Å². The van der Waals surface area contributed by atoms with Crippen LogP contribution in [0.4, 0.5) is 0 Å². The van der Waals surface area contributed by atoms with Crippen LogP contribution in [0, 0.1) is 0 Å². The van der Waals surface area contributed by atoms with Crippen LogP contribution >= 0.6 is 0 Å². The van der Waals surface area contributed by atoms with Gasteiger partial charge in [-0.2, -0.15) is 0 Å². The molecule has 2 aromatic carbocycles. The number of benzene rings is 2. The van der Waals surface area contributed by atoms with Gasteiger partial charge in [0.1, 0.15) is 0 Å². The van der Waals surface area contributed by atoms with Gasteiger partial charge in [-0.1, -0.05) is 30.3 Å². The molecule has 0 bridgehead atoms. The van der Waals surface area contributed by atoms with Gasteiger partial charge >= 0.3 is 0 Å².